The van der Waals surface area contributed by atoms with Crippen LogP contribution >= 0.6 is 12.6 Å². The van der Waals surface area contributed by atoms with Gasteiger partial charge in [0.25, 0.3) is 0 Å². The molecule has 1 radical (unpaired) electrons. The van der Waals surface area contributed by atoms with E-state index in [4.69, 9.17) is 22.1 Å². The van der Waals surface area contributed by atoms with Gasteiger partial charge in [0.2, 0.25) is 0 Å². The Morgan fingerprint density at radius 3 is 2.38 bits per heavy atom. The third kappa shape index (κ3) is 8.60. The van der Waals surface area contributed by atoms with Gasteiger partial charge in [-0.15, -0.1) is 0 Å². The van der Waals surface area contributed by atoms with Crippen molar-refractivity contribution in [3.63, 3.8) is 0 Å². The van der Waals surface area contributed by atoms with Crippen molar-refractivity contribution in [1.29, 1.82) is 0 Å². The van der Waals surface area contributed by atoms with E-state index in [2.05, 4.69) is 13.8 Å². The Balaban J connectivity index is 3.53. The van der Waals surface area contributed by atoms with Crippen molar-refractivity contribution in [1.82, 2.24) is 0 Å². The van der Waals surface area contributed by atoms with Crippen LogP contribution in [0.4, 0.5) is 0 Å². The average Bonchev–Trinajstić information content (AvgIpc) is 2.04. The smallest absolute Gasteiger partial charge is 0.159 e. The molecule has 0 saturated heterocycles. The second-order valence-corrected chi connectivity index (χ2v) is 3.81. The van der Waals surface area contributed by atoms with Gasteiger partial charge in [0, 0.05) is 6.61 Å². The molecule has 0 aliphatic heterocycles. The summed E-state index contributed by atoms with van der Waals surface area (Å²) in [6.45, 7) is 6.91. The molecule has 0 aromatic heterocycles. The summed E-state index contributed by atoms with van der Waals surface area (Å²) in [5, 5.41) is 0. The normalized spacial score (nSPS) is 15.7. The van der Waals surface area contributed by atoms with Crippen LogP contribution in [0, 0.1) is 0 Å². The van der Waals surface area contributed by atoms with Crippen molar-refractivity contribution in [2.24, 2.45) is 0 Å². The highest BCUT2D eigenvalue weighted by molar-refractivity contribution is 7.80. The molecule has 0 rings (SSSR count). The lowest BCUT2D eigenvalue weighted by Crippen LogP contribution is -2.20. The zero-order valence-electron chi connectivity index (χ0n) is 8.91. The molecule has 2 atom stereocenters. The fourth-order valence-corrected chi connectivity index (χ4v) is 1.12. The summed E-state index contributed by atoms with van der Waals surface area (Å²) in [4.78, 5) is 0. The van der Waals surface area contributed by atoms with E-state index < -0.39 is 0 Å². The fraction of sp³-hybridized carbons (Fsp3) is 1.00. The molecule has 0 heterocycles. The summed E-state index contributed by atoms with van der Waals surface area (Å²) in [6, 6.07) is 0. The molecule has 13 heavy (non-hydrogen) atoms. The van der Waals surface area contributed by atoms with Crippen molar-refractivity contribution in [3.05, 3.63) is 0 Å². The van der Waals surface area contributed by atoms with Gasteiger partial charge in [-0.05, 0) is 19.8 Å². The minimum absolute atomic E-state index is 0.0935. The Morgan fingerprint density at radius 2 is 1.92 bits per heavy atom. The van der Waals surface area contributed by atoms with Gasteiger partial charge in [0.15, 0.2) is 6.29 Å². The quantitative estimate of drug-likeness (QED) is 0.446. The van der Waals surface area contributed by atoms with Gasteiger partial charge in [-0.25, -0.2) is 0 Å². The van der Waals surface area contributed by atoms with Crippen LogP contribution in [-0.4, -0.2) is 18.3 Å². The Labute approximate surface area is 87.4 Å². The van der Waals surface area contributed by atoms with E-state index in [9.17, 15) is 0 Å². The van der Waals surface area contributed by atoms with E-state index in [0.717, 1.165) is 32.3 Å². The molecule has 0 aromatic carbocycles. The summed E-state index contributed by atoms with van der Waals surface area (Å²) in [6.07, 6.45) is 4.16. The van der Waals surface area contributed by atoms with E-state index in [0.29, 0.717) is 0 Å². The van der Waals surface area contributed by atoms with Crippen LogP contribution < -0.4 is 0 Å². The molecule has 79 valence electrons. The highest BCUT2D eigenvalue weighted by Gasteiger charge is 2.10. The minimum Gasteiger partial charge on any atom is -0.353 e. The summed E-state index contributed by atoms with van der Waals surface area (Å²) in [5.41, 5.74) is -0.154. The van der Waals surface area contributed by atoms with Gasteiger partial charge in [0.05, 0.1) is 0 Å². The van der Waals surface area contributed by atoms with Crippen LogP contribution in [-0.2, 0) is 9.47 Å². The topological polar surface area (TPSA) is 18.5 Å². The Bertz CT molecular complexity index is 107. The predicted octanol–water partition coefficient (Wildman–Crippen LogP) is 3.49. The Morgan fingerprint density at radius 1 is 1.23 bits per heavy atom. The molecule has 0 amide bonds. The number of rotatable bonds is 8. The first-order chi connectivity index (χ1) is 6.20. The molecule has 0 aliphatic rings. The number of unbranched alkanes of at least 4 members (excludes halogenated alkanes) is 1. The van der Waals surface area contributed by atoms with E-state index in [1.807, 2.05) is 6.92 Å². The SMILES string of the molecule is CCCCOC(CCC)OC(C)[S]. The van der Waals surface area contributed by atoms with Gasteiger partial charge in [-0.1, -0.05) is 39.3 Å². The molecule has 0 saturated carbocycles. The highest BCUT2D eigenvalue weighted by atomic mass is 32.1. The lowest BCUT2D eigenvalue weighted by atomic mass is 10.3. The van der Waals surface area contributed by atoms with Crippen molar-refractivity contribution in [3.8, 4) is 0 Å². The lowest BCUT2D eigenvalue weighted by molar-refractivity contribution is -0.151. The molecule has 0 spiro atoms. The summed E-state index contributed by atoms with van der Waals surface area (Å²) < 4.78 is 11.0. The maximum Gasteiger partial charge on any atom is 0.159 e. The van der Waals surface area contributed by atoms with Gasteiger partial charge in [-0.2, -0.15) is 0 Å². The molecular weight excluding hydrogens is 184 g/mol. The molecule has 0 fully saturated rings. The van der Waals surface area contributed by atoms with Crippen LogP contribution in [0.1, 0.15) is 46.5 Å². The molecule has 0 N–H and O–H groups in total. The Hall–Kier alpha value is 0.270. The van der Waals surface area contributed by atoms with E-state index in [1.165, 1.54) is 0 Å². The number of hydrogen-bond acceptors (Lipinski definition) is 2. The maximum atomic E-state index is 5.54. The summed E-state index contributed by atoms with van der Waals surface area (Å²) in [7, 11) is 0. The number of ether oxygens (including phenoxy) is 2. The lowest BCUT2D eigenvalue weighted by Gasteiger charge is -2.19. The molecular formula is C10H21O2S. The first kappa shape index (κ1) is 13.3. The first-order valence-electron chi connectivity index (χ1n) is 5.13. The summed E-state index contributed by atoms with van der Waals surface area (Å²) >= 11 is 4.95. The van der Waals surface area contributed by atoms with Crippen molar-refractivity contribution >= 4 is 12.6 Å². The predicted molar refractivity (Wildman–Crippen MR) is 57.7 cm³/mol. The van der Waals surface area contributed by atoms with Crippen molar-refractivity contribution in [2.75, 3.05) is 6.61 Å². The van der Waals surface area contributed by atoms with Crippen molar-refractivity contribution < 1.29 is 9.47 Å². The highest BCUT2D eigenvalue weighted by Crippen LogP contribution is 2.09. The Kier molecular flexibility index (Phi) is 9.03. The van der Waals surface area contributed by atoms with Crippen LogP contribution in [0.15, 0.2) is 0 Å². The van der Waals surface area contributed by atoms with Crippen LogP contribution in [0.25, 0.3) is 0 Å². The third-order valence-corrected chi connectivity index (χ3v) is 1.78. The van der Waals surface area contributed by atoms with Crippen molar-refractivity contribution in [2.45, 2.75) is 58.2 Å². The van der Waals surface area contributed by atoms with E-state index >= 15 is 0 Å². The van der Waals surface area contributed by atoms with Crippen LogP contribution in [0.5, 0.6) is 0 Å². The second kappa shape index (κ2) is 8.85. The van der Waals surface area contributed by atoms with Crippen LogP contribution in [0.2, 0.25) is 0 Å². The van der Waals surface area contributed by atoms with Gasteiger partial charge in [0.1, 0.15) is 5.44 Å². The molecule has 2 unspecified atom stereocenters. The largest absolute Gasteiger partial charge is 0.353 e. The van der Waals surface area contributed by atoms with Crippen LogP contribution in [0.3, 0.4) is 0 Å². The summed E-state index contributed by atoms with van der Waals surface area (Å²) in [5.74, 6) is 0. The standard InChI is InChI=1S/C10H21O2S/c1-4-6-8-11-10(7-5-2)12-9(3)13/h9-10H,4-8H2,1-3H3. The zero-order chi connectivity index (χ0) is 10.1. The monoisotopic (exact) mass is 205 g/mol. The van der Waals surface area contributed by atoms with Gasteiger partial charge in [-0.3, -0.25) is 0 Å². The molecule has 0 aromatic rings. The molecule has 0 bridgehead atoms. The molecule has 2 nitrogen and oxygen atoms in total. The van der Waals surface area contributed by atoms with Gasteiger partial charge < -0.3 is 9.47 Å². The van der Waals surface area contributed by atoms with E-state index in [1.54, 1.807) is 0 Å². The maximum absolute atomic E-state index is 5.54. The fourth-order valence-electron chi connectivity index (χ4n) is 0.999. The minimum atomic E-state index is -0.154. The zero-order valence-corrected chi connectivity index (χ0v) is 9.73. The first-order valence-corrected chi connectivity index (χ1v) is 5.60. The number of hydrogen-bond donors (Lipinski definition) is 0. The average molecular weight is 205 g/mol. The second-order valence-electron chi connectivity index (χ2n) is 3.15. The van der Waals surface area contributed by atoms with E-state index in [-0.39, 0.29) is 11.7 Å². The molecule has 3 heteroatoms. The van der Waals surface area contributed by atoms with Gasteiger partial charge >= 0.3 is 0 Å². The third-order valence-electron chi connectivity index (χ3n) is 1.67. The molecule has 0 aliphatic carbocycles.